The summed E-state index contributed by atoms with van der Waals surface area (Å²) in [5.74, 6) is -0.303. The number of likely N-dealkylation sites (N-methyl/N-ethyl adjacent to an activating group) is 1. The van der Waals surface area contributed by atoms with Crippen LogP contribution >= 0.6 is 22.9 Å². The highest BCUT2D eigenvalue weighted by molar-refractivity contribution is 7.17. The molecule has 0 saturated heterocycles. The zero-order chi connectivity index (χ0) is 22.3. The minimum absolute atomic E-state index is 0.208. The van der Waals surface area contributed by atoms with Gasteiger partial charge < -0.3 is 4.90 Å². The zero-order valence-electron chi connectivity index (χ0n) is 17.3. The quantitative estimate of drug-likeness (QED) is 0.466. The van der Waals surface area contributed by atoms with Gasteiger partial charge >= 0.3 is 5.69 Å². The van der Waals surface area contributed by atoms with Gasteiger partial charge in [-0.25, -0.2) is 9.36 Å². The topological polar surface area (TPSA) is 64.3 Å². The largest absolute Gasteiger partial charge is 0.336 e. The molecule has 0 aliphatic heterocycles. The van der Waals surface area contributed by atoms with Crippen LogP contribution in [0.5, 0.6) is 0 Å². The molecule has 2 aromatic heterocycles. The molecule has 0 spiro atoms. The summed E-state index contributed by atoms with van der Waals surface area (Å²) < 4.78 is 2.93. The number of rotatable bonds is 4. The molecule has 2 heterocycles. The zero-order valence-corrected chi connectivity index (χ0v) is 18.8. The van der Waals surface area contributed by atoms with Crippen LogP contribution in [0.3, 0.4) is 0 Å². The molecule has 0 saturated carbocycles. The fourth-order valence-corrected chi connectivity index (χ4v) is 4.63. The van der Waals surface area contributed by atoms with Gasteiger partial charge in [-0.2, -0.15) is 0 Å². The van der Waals surface area contributed by atoms with Gasteiger partial charge in [0, 0.05) is 17.8 Å². The third kappa shape index (κ3) is 3.94. The number of hydrogen-bond acceptors (Lipinski definition) is 4. The van der Waals surface area contributed by atoms with Gasteiger partial charge in [-0.15, -0.1) is 11.3 Å². The fourth-order valence-electron chi connectivity index (χ4n) is 3.62. The first-order valence-electron chi connectivity index (χ1n) is 9.60. The highest BCUT2D eigenvalue weighted by atomic mass is 35.5. The van der Waals surface area contributed by atoms with E-state index in [0.717, 1.165) is 15.7 Å². The van der Waals surface area contributed by atoms with Crippen LogP contribution in [0.25, 0.3) is 15.9 Å². The molecule has 4 aromatic rings. The summed E-state index contributed by atoms with van der Waals surface area (Å²) >= 11 is 7.30. The number of amides is 1. The molecule has 0 unspecified atom stereocenters. The van der Waals surface area contributed by atoms with Crippen molar-refractivity contribution in [3.8, 4) is 5.69 Å². The summed E-state index contributed by atoms with van der Waals surface area (Å²) in [6.45, 7) is 3.61. The maximum absolute atomic E-state index is 13.4. The second-order valence-electron chi connectivity index (χ2n) is 7.42. The second-order valence-corrected chi connectivity index (χ2v) is 8.78. The molecule has 6 nitrogen and oxygen atoms in total. The minimum Gasteiger partial charge on any atom is -0.314 e. The Kier molecular flexibility index (Phi) is 5.56. The van der Waals surface area contributed by atoms with Crippen LogP contribution in [0.1, 0.15) is 11.1 Å². The third-order valence-electron chi connectivity index (χ3n) is 5.08. The van der Waals surface area contributed by atoms with Crippen LogP contribution in [0.2, 0.25) is 5.02 Å². The molecule has 1 amide bonds. The molecular formula is C23H20ClN3O3S. The Morgan fingerprint density at radius 2 is 1.77 bits per heavy atom. The number of aryl methyl sites for hydroxylation is 2. The van der Waals surface area contributed by atoms with Crippen molar-refractivity contribution < 1.29 is 4.79 Å². The van der Waals surface area contributed by atoms with E-state index >= 15 is 0 Å². The highest BCUT2D eigenvalue weighted by Gasteiger charge is 2.20. The van der Waals surface area contributed by atoms with Gasteiger partial charge in [0.05, 0.1) is 11.2 Å². The number of anilines is 1. The molecule has 31 heavy (non-hydrogen) atoms. The SMILES string of the molecule is Cc1cc(C)cc(-n2c(=O)c3sccc3n(CC(=O)N(C)c3cccc(Cl)c3)c2=O)c1. The number of fused-ring (bicyclic) bond motifs is 1. The van der Waals surface area contributed by atoms with Crippen molar-refractivity contribution in [1.29, 1.82) is 0 Å². The fraction of sp³-hybridized carbons (Fsp3) is 0.174. The monoisotopic (exact) mass is 453 g/mol. The molecule has 0 atom stereocenters. The Morgan fingerprint density at radius 1 is 1.06 bits per heavy atom. The van der Waals surface area contributed by atoms with E-state index < -0.39 is 5.69 Å². The Balaban J connectivity index is 1.85. The summed E-state index contributed by atoms with van der Waals surface area (Å²) in [6, 6.07) is 14.2. The predicted molar refractivity (Wildman–Crippen MR) is 126 cm³/mol. The van der Waals surface area contributed by atoms with Gasteiger partial charge in [-0.3, -0.25) is 14.2 Å². The van der Waals surface area contributed by atoms with E-state index in [0.29, 0.717) is 26.6 Å². The number of benzene rings is 2. The molecule has 0 bridgehead atoms. The normalized spacial score (nSPS) is 11.1. The van der Waals surface area contributed by atoms with Crippen LogP contribution < -0.4 is 16.1 Å². The molecule has 0 N–H and O–H groups in total. The first kappa shape index (κ1) is 21.1. The number of carbonyl (C=O) groups excluding carboxylic acids is 1. The Bertz CT molecular complexity index is 1410. The van der Waals surface area contributed by atoms with E-state index in [1.807, 2.05) is 19.9 Å². The second kappa shape index (κ2) is 8.17. The average molecular weight is 454 g/mol. The molecule has 0 radical (unpaired) electrons. The molecule has 0 aliphatic rings. The van der Waals surface area contributed by atoms with E-state index in [9.17, 15) is 14.4 Å². The van der Waals surface area contributed by atoms with Gasteiger partial charge in [0.1, 0.15) is 11.2 Å². The van der Waals surface area contributed by atoms with E-state index in [1.54, 1.807) is 54.9 Å². The Labute approximate surface area is 187 Å². The number of thiophene rings is 1. The Hall–Kier alpha value is -3.16. The summed E-state index contributed by atoms with van der Waals surface area (Å²) in [5.41, 5.74) is 2.52. The molecule has 0 aliphatic carbocycles. The number of carbonyl (C=O) groups is 1. The minimum atomic E-state index is -0.547. The van der Waals surface area contributed by atoms with E-state index in [4.69, 9.17) is 11.6 Å². The lowest BCUT2D eigenvalue weighted by Crippen LogP contribution is -2.41. The van der Waals surface area contributed by atoms with Crippen molar-refractivity contribution in [1.82, 2.24) is 9.13 Å². The van der Waals surface area contributed by atoms with Crippen molar-refractivity contribution in [3.63, 3.8) is 0 Å². The van der Waals surface area contributed by atoms with E-state index in [-0.39, 0.29) is 18.0 Å². The summed E-state index contributed by atoms with van der Waals surface area (Å²) in [7, 11) is 1.63. The van der Waals surface area contributed by atoms with Crippen molar-refractivity contribution >= 4 is 44.7 Å². The molecule has 2 aromatic carbocycles. The number of nitrogens with zero attached hydrogens (tertiary/aromatic N) is 3. The van der Waals surface area contributed by atoms with Gasteiger partial charge in [0.15, 0.2) is 0 Å². The van der Waals surface area contributed by atoms with Crippen LogP contribution in [-0.2, 0) is 11.3 Å². The molecule has 8 heteroatoms. The molecule has 0 fully saturated rings. The first-order chi connectivity index (χ1) is 14.8. The standard InChI is InChI=1S/C23H20ClN3O3S/c1-14-9-15(2)11-18(10-14)27-22(29)21-19(7-8-31-21)26(23(27)30)13-20(28)25(3)17-6-4-5-16(24)12-17/h4-12H,13H2,1-3H3. The molecular weight excluding hydrogens is 434 g/mol. The number of hydrogen-bond donors (Lipinski definition) is 0. The lowest BCUT2D eigenvalue weighted by molar-refractivity contribution is -0.118. The smallest absolute Gasteiger partial charge is 0.314 e. The van der Waals surface area contributed by atoms with Crippen LogP contribution in [0.15, 0.2) is 63.5 Å². The summed E-state index contributed by atoms with van der Waals surface area (Å²) in [5, 5.41) is 2.26. The van der Waals surface area contributed by atoms with Crippen molar-refractivity contribution in [2.75, 3.05) is 11.9 Å². The summed E-state index contributed by atoms with van der Waals surface area (Å²) in [4.78, 5) is 41.0. The van der Waals surface area contributed by atoms with Crippen molar-refractivity contribution in [2.24, 2.45) is 0 Å². The van der Waals surface area contributed by atoms with Gasteiger partial charge in [-0.05, 0) is 66.8 Å². The van der Waals surface area contributed by atoms with E-state index in [2.05, 4.69) is 0 Å². The molecule has 158 valence electrons. The number of halogens is 1. The lowest BCUT2D eigenvalue weighted by Gasteiger charge is -2.19. The number of aromatic nitrogens is 2. The maximum atomic E-state index is 13.4. The van der Waals surface area contributed by atoms with Crippen molar-refractivity contribution in [2.45, 2.75) is 20.4 Å². The predicted octanol–water partition coefficient (Wildman–Crippen LogP) is 4.15. The van der Waals surface area contributed by atoms with Crippen LogP contribution in [-0.4, -0.2) is 22.1 Å². The maximum Gasteiger partial charge on any atom is 0.336 e. The first-order valence-corrected chi connectivity index (χ1v) is 10.9. The van der Waals surface area contributed by atoms with Crippen LogP contribution in [0.4, 0.5) is 5.69 Å². The lowest BCUT2D eigenvalue weighted by atomic mass is 10.1. The highest BCUT2D eigenvalue weighted by Crippen LogP contribution is 2.20. The Morgan fingerprint density at radius 3 is 2.45 bits per heavy atom. The molecule has 4 rings (SSSR count). The van der Waals surface area contributed by atoms with E-state index in [1.165, 1.54) is 20.8 Å². The van der Waals surface area contributed by atoms with Gasteiger partial charge in [0.25, 0.3) is 5.56 Å². The van der Waals surface area contributed by atoms with Crippen LogP contribution in [0, 0.1) is 13.8 Å². The average Bonchev–Trinajstić information content (AvgIpc) is 3.20. The summed E-state index contributed by atoms with van der Waals surface area (Å²) in [6.07, 6.45) is 0. The van der Waals surface area contributed by atoms with Gasteiger partial charge in [0.2, 0.25) is 5.91 Å². The third-order valence-corrected chi connectivity index (χ3v) is 6.21. The van der Waals surface area contributed by atoms with Crippen molar-refractivity contribution in [3.05, 3.63) is 90.9 Å². The van der Waals surface area contributed by atoms with Gasteiger partial charge in [-0.1, -0.05) is 23.7 Å².